The third kappa shape index (κ3) is 5.70. The van der Waals surface area contributed by atoms with Crippen LogP contribution in [-0.2, 0) is 14.3 Å². The van der Waals surface area contributed by atoms with Crippen molar-refractivity contribution in [1.82, 2.24) is 10.2 Å². The van der Waals surface area contributed by atoms with Crippen LogP contribution in [0.15, 0.2) is 18.2 Å². The van der Waals surface area contributed by atoms with E-state index in [9.17, 15) is 14.4 Å². The maximum atomic E-state index is 12.3. The molecule has 1 saturated carbocycles. The van der Waals surface area contributed by atoms with Crippen LogP contribution in [0.3, 0.4) is 0 Å². The molecule has 2 atom stereocenters. The summed E-state index contributed by atoms with van der Waals surface area (Å²) in [5, 5.41) is 3.51. The highest BCUT2D eigenvalue weighted by molar-refractivity contribution is 6.36. The minimum absolute atomic E-state index is 0.159. The van der Waals surface area contributed by atoms with Crippen LogP contribution in [0.5, 0.6) is 0 Å². The fraction of sp³-hybridized carbons (Fsp3) is 0.591. The van der Waals surface area contributed by atoms with Crippen LogP contribution in [0.4, 0.5) is 10.5 Å². The molecule has 2 unspecified atom stereocenters. The Morgan fingerprint density at radius 1 is 1.13 bits per heavy atom. The van der Waals surface area contributed by atoms with Gasteiger partial charge >= 0.3 is 6.09 Å². The summed E-state index contributed by atoms with van der Waals surface area (Å²) in [7, 11) is 4.02. The molecule has 2 fully saturated rings. The molecular formula is C22H31Cl2N3O4. The molecule has 9 heteroatoms. The van der Waals surface area contributed by atoms with Gasteiger partial charge in [-0.2, -0.15) is 0 Å². The third-order valence-electron chi connectivity index (χ3n) is 5.74. The predicted molar refractivity (Wildman–Crippen MR) is 123 cm³/mol. The molecule has 0 spiro atoms. The van der Waals surface area contributed by atoms with E-state index >= 15 is 0 Å². The quantitative estimate of drug-likeness (QED) is 0.472. The largest absolute Gasteiger partial charge is 0.450 e. The van der Waals surface area contributed by atoms with Gasteiger partial charge in [0.15, 0.2) is 0 Å². The maximum Gasteiger partial charge on any atom is 0.407 e. The van der Waals surface area contributed by atoms with Crippen LogP contribution in [0.2, 0.25) is 10.0 Å². The van der Waals surface area contributed by atoms with E-state index in [-0.39, 0.29) is 17.9 Å². The van der Waals surface area contributed by atoms with Crippen molar-refractivity contribution in [3.05, 3.63) is 28.2 Å². The average molecular weight is 472 g/mol. The lowest BCUT2D eigenvalue weighted by Gasteiger charge is -2.19. The normalized spacial score (nSPS) is 23.9. The molecule has 31 heavy (non-hydrogen) atoms. The molecule has 1 N–H and O–H groups in total. The second kappa shape index (κ2) is 10.2. The molecule has 2 aliphatic rings. The molecule has 0 aromatic heterocycles. The number of amides is 3. The molecule has 172 valence electrons. The van der Waals surface area contributed by atoms with Crippen LogP contribution in [0.1, 0.15) is 40.0 Å². The third-order valence-corrected chi connectivity index (χ3v) is 6.18. The number of nitrogens with zero attached hydrogens (tertiary/aromatic N) is 2. The first kappa shape index (κ1) is 25.4. The number of ether oxygens (including phenoxy) is 1. The zero-order chi connectivity index (χ0) is 23.4. The van der Waals surface area contributed by atoms with Gasteiger partial charge in [0.05, 0.1) is 23.1 Å². The summed E-state index contributed by atoms with van der Waals surface area (Å²) < 4.78 is 4.83. The zero-order valence-electron chi connectivity index (χ0n) is 18.8. The van der Waals surface area contributed by atoms with Crippen LogP contribution < -0.4 is 10.2 Å². The van der Waals surface area contributed by atoms with Crippen molar-refractivity contribution in [3.8, 4) is 0 Å². The molecule has 1 heterocycles. The molecule has 0 radical (unpaired) electrons. The van der Waals surface area contributed by atoms with Gasteiger partial charge in [-0.15, -0.1) is 0 Å². The molecule has 1 aliphatic heterocycles. The fourth-order valence-corrected chi connectivity index (χ4v) is 4.12. The summed E-state index contributed by atoms with van der Waals surface area (Å²) >= 11 is 11.8. The number of alkyl carbamates (subject to hydrolysis) is 1. The Balaban J connectivity index is 0.000000235. The maximum absolute atomic E-state index is 12.3. The number of carbonyl (C=O) groups is 3. The van der Waals surface area contributed by atoms with Crippen LogP contribution in [0, 0.1) is 10.8 Å². The molecule has 1 aromatic rings. The van der Waals surface area contributed by atoms with Crippen LogP contribution in [-0.4, -0.2) is 56.6 Å². The minimum atomic E-state index is -0.557. The highest BCUT2D eigenvalue weighted by Crippen LogP contribution is 2.69. The van der Waals surface area contributed by atoms with E-state index in [2.05, 4.69) is 10.2 Å². The summed E-state index contributed by atoms with van der Waals surface area (Å²) in [6.07, 6.45) is 2.14. The number of hydrogen-bond acceptors (Lipinski definition) is 5. The van der Waals surface area contributed by atoms with Crippen molar-refractivity contribution in [2.45, 2.75) is 40.0 Å². The summed E-state index contributed by atoms with van der Waals surface area (Å²) in [6.45, 7) is 7.80. The Morgan fingerprint density at radius 3 is 2.16 bits per heavy atom. The number of rotatable bonds is 7. The van der Waals surface area contributed by atoms with Gasteiger partial charge in [-0.3, -0.25) is 9.59 Å². The van der Waals surface area contributed by atoms with E-state index in [1.165, 1.54) is 4.90 Å². The van der Waals surface area contributed by atoms with Gasteiger partial charge in [-0.05, 0) is 71.9 Å². The molecular weight excluding hydrogens is 441 g/mol. The van der Waals surface area contributed by atoms with Gasteiger partial charge in [0.25, 0.3) is 0 Å². The number of nitrogens with one attached hydrogen (secondary N) is 1. The Kier molecular flexibility index (Phi) is 8.36. The SMILES string of the molecule is CC12CC1(C)C(=O)N(c1cc(Cl)cc(Cl)c1)C2=O.CCCOC(=O)NCCCN(C)C. The summed E-state index contributed by atoms with van der Waals surface area (Å²) in [4.78, 5) is 38.8. The van der Waals surface area contributed by atoms with Gasteiger partial charge < -0.3 is 15.0 Å². The number of imide groups is 1. The Morgan fingerprint density at radius 2 is 1.68 bits per heavy atom. The lowest BCUT2D eigenvalue weighted by molar-refractivity contribution is -0.125. The van der Waals surface area contributed by atoms with Gasteiger partial charge in [0.1, 0.15) is 0 Å². The van der Waals surface area contributed by atoms with Crippen molar-refractivity contribution in [2.24, 2.45) is 10.8 Å². The van der Waals surface area contributed by atoms with Crippen molar-refractivity contribution in [1.29, 1.82) is 0 Å². The predicted octanol–water partition coefficient (Wildman–Crippen LogP) is 4.36. The first-order chi connectivity index (χ1) is 14.5. The van der Waals surface area contributed by atoms with Crippen molar-refractivity contribution in [2.75, 3.05) is 38.7 Å². The number of fused-ring (bicyclic) bond motifs is 1. The van der Waals surface area contributed by atoms with E-state index < -0.39 is 10.8 Å². The highest BCUT2D eigenvalue weighted by Gasteiger charge is 2.77. The number of piperidine rings is 1. The Labute approximate surface area is 194 Å². The van der Waals surface area contributed by atoms with Gasteiger partial charge in [0, 0.05) is 16.6 Å². The zero-order valence-corrected chi connectivity index (χ0v) is 20.3. The topological polar surface area (TPSA) is 78.9 Å². The molecule has 1 saturated heterocycles. The molecule has 3 rings (SSSR count). The van der Waals surface area contributed by atoms with E-state index in [1.54, 1.807) is 18.2 Å². The Hall–Kier alpha value is -1.83. The van der Waals surface area contributed by atoms with E-state index in [4.69, 9.17) is 27.9 Å². The van der Waals surface area contributed by atoms with Gasteiger partial charge in [-0.25, -0.2) is 9.69 Å². The van der Waals surface area contributed by atoms with Gasteiger partial charge in [-0.1, -0.05) is 30.1 Å². The average Bonchev–Trinajstić information content (AvgIpc) is 3.22. The molecule has 0 bridgehead atoms. The summed E-state index contributed by atoms with van der Waals surface area (Å²) in [5.41, 5.74) is -0.658. The molecule has 3 amide bonds. The van der Waals surface area contributed by atoms with E-state index in [0.29, 0.717) is 35.3 Å². The van der Waals surface area contributed by atoms with E-state index in [0.717, 1.165) is 19.4 Å². The van der Waals surface area contributed by atoms with E-state index in [1.807, 2.05) is 34.9 Å². The molecule has 7 nitrogen and oxygen atoms in total. The fourth-order valence-electron chi connectivity index (χ4n) is 3.61. The summed E-state index contributed by atoms with van der Waals surface area (Å²) in [6, 6.07) is 4.74. The number of hydrogen-bond donors (Lipinski definition) is 1. The lowest BCUT2D eigenvalue weighted by Crippen LogP contribution is -2.35. The molecule has 1 aromatic carbocycles. The second-order valence-corrected chi connectivity index (χ2v) is 9.51. The highest BCUT2D eigenvalue weighted by atomic mass is 35.5. The van der Waals surface area contributed by atoms with Crippen molar-refractivity contribution < 1.29 is 19.1 Å². The number of anilines is 1. The van der Waals surface area contributed by atoms with Gasteiger partial charge in [0.2, 0.25) is 11.8 Å². The summed E-state index contributed by atoms with van der Waals surface area (Å²) in [5.74, 6) is -0.318. The smallest absolute Gasteiger partial charge is 0.407 e. The monoisotopic (exact) mass is 471 g/mol. The lowest BCUT2D eigenvalue weighted by atomic mass is 10.00. The standard InChI is InChI=1S/C13H11Cl2NO2.C9H20N2O2/c1-12-6-13(12,2)11(18)16(10(12)17)9-4-7(14)3-8(15)5-9;1-4-8-13-9(12)10-6-5-7-11(2)3/h3-5H,6H2,1-2H3;4-8H2,1-3H3,(H,10,12). The van der Waals surface area contributed by atoms with Crippen molar-refractivity contribution >= 4 is 46.8 Å². The Bertz CT molecular complexity index is 802. The minimum Gasteiger partial charge on any atom is -0.450 e. The second-order valence-electron chi connectivity index (χ2n) is 8.63. The van der Waals surface area contributed by atoms with Crippen LogP contribution >= 0.6 is 23.2 Å². The number of carbonyl (C=O) groups excluding carboxylic acids is 3. The number of halogens is 2. The van der Waals surface area contributed by atoms with Crippen molar-refractivity contribution in [3.63, 3.8) is 0 Å². The molecule has 1 aliphatic carbocycles. The first-order valence-corrected chi connectivity index (χ1v) is 11.1. The number of benzene rings is 1. The van der Waals surface area contributed by atoms with Crippen LogP contribution in [0.25, 0.3) is 0 Å². The first-order valence-electron chi connectivity index (χ1n) is 10.4.